The van der Waals surface area contributed by atoms with Crippen molar-refractivity contribution in [1.82, 2.24) is 4.90 Å². The Morgan fingerprint density at radius 2 is 1.90 bits per heavy atom. The lowest BCUT2D eigenvalue weighted by Gasteiger charge is -2.24. The Bertz CT molecular complexity index is 537. The zero-order chi connectivity index (χ0) is 14.9. The number of nitrogens with zero attached hydrogens (tertiary/aromatic N) is 2. The van der Waals surface area contributed by atoms with Gasteiger partial charge >= 0.3 is 0 Å². The second-order valence-electron chi connectivity index (χ2n) is 5.14. The van der Waals surface area contributed by atoms with E-state index >= 15 is 0 Å². The van der Waals surface area contributed by atoms with Crippen molar-refractivity contribution in [3.8, 4) is 0 Å². The first-order valence-electron chi connectivity index (χ1n) is 6.55. The summed E-state index contributed by atoms with van der Waals surface area (Å²) in [7, 11) is 6.05. The molecule has 0 aromatic heterocycles. The first-order valence-corrected chi connectivity index (χ1v) is 7.43. The van der Waals surface area contributed by atoms with Crippen molar-refractivity contribution >= 4 is 28.9 Å². The number of carbonyl (C=O) groups excluding carboxylic acids is 1. The molecule has 1 aliphatic heterocycles. The molecule has 1 atom stereocenters. The lowest BCUT2D eigenvalue weighted by atomic mass is 10.2. The van der Waals surface area contributed by atoms with Crippen molar-refractivity contribution in [2.75, 3.05) is 31.4 Å². The number of hydrogen-bond acceptors (Lipinski definition) is 5. The van der Waals surface area contributed by atoms with Crippen LogP contribution in [-0.2, 0) is 4.79 Å². The van der Waals surface area contributed by atoms with Gasteiger partial charge in [0.05, 0.1) is 4.91 Å². The van der Waals surface area contributed by atoms with E-state index in [4.69, 9.17) is 0 Å². The van der Waals surface area contributed by atoms with Gasteiger partial charge in [-0.1, -0.05) is 11.8 Å². The predicted molar refractivity (Wildman–Crippen MR) is 86.9 cm³/mol. The fourth-order valence-corrected chi connectivity index (χ4v) is 3.29. The monoisotopic (exact) mass is 291 g/mol. The van der Waals surface area contributed by atoms with E-state index in [-0.39, 0.29) is 11.3 Å². The van der Waals surface area contributed by atoms with Crippen molar-refractivity contribution in [1.29, 1.82) is 0 Å². The van der Waals surface area contributed by atoms with Crippen molar-refractivity contribution < 1.29 is 4.79 Å². The number of rotatable bonds is 4. The summed E-state index contributed by atoms with van der Waals surface area (Å²) >= 11 is 1.57. The zero-order valence-corrected chi connectivity index (χ0v) is 13.4. The molecular formula is C15H21N3OS. The molecule has 0 saturated carbocycles. The van der Waals surface area contributed by atoms with Crippen LogP contribution in [0.25, 0.3) is 0 Å². The van der Waals surface area contributed by atoms with Gasteiger partial charge in [-0.2, -0.15) is 0 Å². The Morgan fingerprint density at radius 3 is 2.35 bits per heavy atom. The normalized spacial score (nSPS) is 18.4. The highest BCUT2D eigenvalue weighted by molar-refractivity contribution is 8.04. The van der Waals surface area contributed by atoms with E-state index in [1.165, 1.54) is 5.69 Å². The van der Waals surface area contributed by atoms with E-state index in [0.29, 0.717) is 0 Å². The molecule has 108 valence electrons. The van der Waals surface area contributed by atoms with E-state index in [0.717, 1.165) is 16.3 Å². The van der Waals surface area contributed by atoms with Gasteiger partial charge in [0.2, 0.25) is 0 Å². The molecule has 1 N–H and O–H groups in total. The Morgan fingerprint density at radius 1 is 1.30 bits per heavy atom. The first-order chi connectivity index (χ1) is 9.40. The molecule has 0 spiro atoms. The second kappa shape index (κ2) is 5.79. The summed E-state index contributed by atoms with van der Waals surface area (Å²) in [6.45, 7) is 3.61. The third-order valence-corrected chi connectivity index (χ3v) is 4.91. The third-order valence-electron chi connectivity index (χ3n) is 3.43. The van der Waals surface area contributed by atoms with Gasteiger partial charge in [-0.3, -0.25) is 4.79 Å². The number of Topliss-reactive ketones (excluding diaryl/α,β-unsaturated/α-hetero) is 1. The highest BCUT2D eigenvalue weighted by atomic mass is 32.2. The quantitative estimate of drug-likeness (QED) is 0.923. The molecule has 4 nitrogen and oxygen atoms in total. The van der Waals surface area contributed by atoms with Gasteiger partial charge in [-0.15, -0.1) is 0 Å². The summed E-state index contributed by atoms with van der Waals surface area (Å²) in [6.07, 6.45) is 0. The number of benzene rings is 1. The average Bonchev–Trinajstić information content (AvgIpc) is 2.68. The van der Waals surface area contributed by atoms with Gasteiger partial charge < -0.3 is 15.1 Å². The lowest BCUT2D eigenvalue weighted by molar-refractivity contribution is -0.113. The van der Waals surface area contributed by atoms with Crippen LogP contribution in [0.4, 0.5) is 11.4 Å². The maximum Gasteiger partial charge on any atom is 0.168 e. The van der Waals surface area contributed by atoms with Crippen molar-refractivity contribution in [3.05, 3.63) is 34.9 Å². The number of thioether (sulfide) groups is 1. The summed E-state index contributed by atoms with van der Waals surface area (Å²) in [5.41, 5.74) is 3.32. The second-order valence-corrected chi connectivity index (χ2v) is 6.23. The molecule has 1 unspecified atom stereocenters. The number of hydrogen-bond donors (Lipinski definition) is 1. The maximum absolute atomic E-state index is 11.6. The summed E-state index contributed by atoms with van der Waals surface area (Å²) in [5, 5.41) is 3.45. The maximum atomic E-state index is 11.6. The minimum absolute atomic E-state index is 0.0686. The number of anilines is 2. The summed E-state index contributed by atoms with van der Waals surface area (Å²) in [6, 6.07) is 8.28. The van der Waals surface area contributed by atoms with Gasteiger partial charge in [0, 0.05) is 38.2 Å². The Balaban J connectivity index is 2.07. The van der Waals surface area contributed by atoms with E-state index in [1.807, 2.05) is 28.1 Å². The molecular weight excluding hydrogens is 270 g/mol. The largest absolute Gasteiger partial charge is 0.378 e. The molecule has 0 amide bonds. The standard InChI is InChI=1S/C15H21N3OS/c1-10-14(11(2)19)20-15(18(10)5)16-12-6-8-13(9-7-12)17(3)4/h6-9,15-16H,1-5H3. The first kappa shape index (κ1) is 14.8. The van der Waals surface area contributed by atoms with E-state index < -0.39 is 0 Å². The van der Waals surface area contributed by atoms with Gasteiger partial charge in [-0.05, 0) is 38.1 Å². The number of allylic oxidation sites excluding steroid dienone is 2. The lowest BCUT2D eigenvalue weighted by Crippen LogP contribution is -2.30. The van der Waals surface area contributed by atoms with Gasteiger partial charge in [0.25, 0.3) is 0 Å². The van der Waals surface area contributed by atoms with Crippen LogP contribution in [0, 0.1) is 0 Å². The van der Waals surface area contributed by atoms with Crippen LogP contribution in [-0.4, -0.2) is 37.3 Å². The fourth-order valence-electron chi connectivity index (χ4n) is 2.07. The molecule has 0 radical (unpaired) electrons. The fraction of sp³-hybridized carbons (Fsp3) is 0.400. The summed E-state index contributed by atoms with van der Waals surface area (Å²) in [5.74, 6) is 0.131. The van der Waals surface area contributed by atoms with Gasteiger partial charge in [-0.25, -0.2) is 0 Å². The smallest absolute Gasteiger partial charge is 0.168 e. The van der Waals surface area contributed by atoms with Crippen molar-refractivity contribution in [3.63, 3.8) is 0 Å². The van der Waals surface area contributed by atoms with Crippen molar-refractivity contribution in [2.24, 2.45) is 0 Å². The average molecular weight is 291 g/mol. The molecule has 2 rings (SSSR count). The number of nitrogens with one attached hydrogen (secondary N) is 1. The predicted octanol–water partition coefficient (Wildman–Crippen LogP) is 2.95. The highest BCUT2D eigenvalue weighted by Gasteiger charge is 2.29. The van der Waals surface area contributed by atoms with Crippen molar-refractivity contribution in [2.45, 2.75) is 19.3 Å². The van der Waals surface area contributed by atoms with Crippen LogP contribution in [0.15, 0.2) is 34.9 Å². The summed E-state index contributed by atoms with van der Waals surface area (Å²) < 4.78 is 0. The molecule has 1 aromatic rings. The Kier molecular flexibility index (Phi) is 4.28. The summed E-state index contributed by atoms with van der Waals surface area (Å²) in [4.78, 5) is 16.6. The van der Waals surface area contributed by atoms with Gasteiger partial charge in [0.15, 0.2) is 11.3 Å². The minimum Gasteiger partial charge on any atom is -0.378 e. The van der Waals surface area contributed by atoms with Crippen LogP contribution in [0.5, 0.6) is 0 Å². The molecule has 0 fully saturated rings. The minimum atomic E-state index is 0.0686. The molecule has 1 aromatic carbocycles. The molecule has 0 bridgehead atoms. The van der Waals surface area contributed by atoms with Crippen LogP contribution in [0.2, 0.25) is 0 Å². The molecule has 1 aliphatic rings. The molecule has 0 aliphatic carbocycles. The zero-order valence-electron chi connectivity index (χ0n) is 12.6. The highest BCUT2D eigenvalue weighted by Crippen LogP contribution is 2.37. The Hall–Kier alpha value is -1.62. The number of carbonyl (C=O) groups is 1. The van der Waals surface area contributed by atoms with Crippen LogP contribution >= 0.6 is 11.8 Å². The molecule has 1 heterocycles. The van der Waals surface area contributed by atoms with E-state index in [1.54, 1.807) is 18.7 Å². The topological polar surface area (TPSA) is 35.6 Å². The third kappa shape index (κ3) is 2.93. The molecule has 5 heteroatoms. The van der Waals surface area contributed by atoms with Crippen LogP contribution in [0.1, 0.15) is 13.8 Å². The van der Waals surface area contributed by atoms with E-state index in [2.05, 4.69) is 39.4 Å². The van der Waals surface area contributed by atoms with E-state index in [9.17, 15) is 4.79 Å². The molecule has 0 saturated heterocycles. The Labute approximate surface area is 124 Å². The SMILES string of the molecule is CC(=O)C1=C(C)N(C)C(Nc2ccc(N(C)C)cc2)S1. The number of ketones is 1. The molecule has 20 heavy (non-hydrogen) atoms. The van der Waals surface area contributed by atoms with Crippen LogP contribution in [0.3, 0.4) is 0 Å². The van der Waals surface area contributed by atoms with Crippen LogP contribution < -0.4 is 10.2 Å². The van der Waals surface area contributed by atoms with Gasteiger partial charge in [0.1, 0.15) is 0 Å².